The Morgan fingerprint density at radius 1 is 1.33 bits per heavy atom. The molecule has 0 aromatic carbocycles. The molecule has 0 amide bonds. The summed E-state index contributed by atoms with van der Waals surface area (Å²) in [6.45, 7) is 5.85. The van der Waals surface area contributed by atoms with Crippen molar-refractivity contribution < 1.29 is 9.47 Å². The van der Waals surface area contributed by atoms with Crippen molar-refractivity contribution in [1.29, 1.82) is 0 Å². The fourth-order valence-corrected chi connectivity index (χ4v) is 1.09. The van der Waals surface area contributed by atoms with E-state index in [0.717, 1.165) is 32.1 Å². The Kier molecular flexibility index (Phi) is 6.53. The summed E-state index contributed by atoms with van der Waals surface area (Å²) in [6, 6.07) is 3.76. The van der Waals surface area contributed by atoms with Crippen LogP contribution in [0, 0.1) is 0 Å². The van der Waals surface area contributed by atoms with Gasteiger partial charge >= 0.3 is 0 Å². The Hall–Kier alpha value is -1.13. The van der Waals surface area contributed by atoms with Crippen LogP contribution in [-0.4, -0.2) is 37.9 Å². The van der Waals surface area contributed by atoms with E-state index in [1.807, 2.05) is 19.1 Å². The molecule has 4 nitrogen and oxygen atoms in total. The van der Waals surface area contributed by atoms with E-state index in [0.29, 0.717) is 6.61 Å². The molecule has 4 heteroatoms. The van der Waals surface area contributed by atoms with Crippen molar-refractivity contribution in [2.75, 3.05) is 32.9 Å². The smallest absolute Gasteiger partial charge is 0.137 e. The zero-order valence-electron chi connectivity index (χ0n) is 9.11. The van der Waals surface area contributed by atoms with Gasteiger partial charge in [-0.05, 0) is 19.1 Å². The molecule has 0 bridgehead atoms. The second-order valence-electron chi connectivity index (χ2n) is 2.98. The number of aromatic nitrogens is 1. The van der Waals surface area contributed by atoms with Crippen LogP contribution in [0.2, 0.25) is 0 Å². The van der Waals surface area contributed by atoms with E-state index in [1.165, 1.54) is 0 Å². The van der Waals surface area contributed by atoms with Crippen LogP contribution in [0.15, 0.2) is 24.5 Å². The highest BCUT2D eigenvalue weighted by Gasteiger charge is 1.91. The molecule has 1 heterocycles. The SMILES string of the molecule is CCOCCNCCOc1cccnc1. The van der Waals surface area contributed by atoms with Gasteiger partial charge in [-0.3, -0.25) is 4.98 Å². The molecule has 84 valence electrons. The largest absolute Gasteiger partial charge is 0.491 e. The first-order valence-corrected chi connectivity index (χ1v) is 5.24. The average Bonchev–Trinajstić information content (AvgIpc) is 2.29. The van der Waals surface area contributed by atoms with E-state index in [2.05, 4.69) is 10.3 Å². The summed E-state index contributed by atoms with van der Waals surface area (Å²) in [5.41, 5.74) is 0. The third kappa shape index (κ3) is 6.04. The standard InChI is InChI=1S/C11H18N2O2/c1-2-14-8-6-12-7-9-15-11-4-3-5-13-10-11/h3-5,10,12H,2,6-9H2,1H3. The number of rotatable bonds is 8. The zero-order valence-corrected chi connectivity index (χ0v) is 9.11. The van der Waals surface area contributed by atoms with Gasteiger partial charge in [-0.15, -0.1) is 0 Å². The van der Waals surface area contributed by atoms with Crippen molar-refractivity contribution in [3.05, 3.63) is 24.5 Å². The minimum atomic E-state index is 0.651. The minimum Gasteiger partial charge on any atom is -0.491 e. The molecule has 15 heavy (non-hydrogen) atoms. The number of nitrogens with one attached hydrogen (secondary N) is 1. The predicted octanol–water partition coefficient (Wildman–Crippen LogP) is 1.09. The van der Waals surface area contributed by atoms with Crippen molar-refractivity contribution in [3.63, 3.8) is 0 Å². The lowest BCUT2D eigenvalue weighted by atomic mass is 10.5. The Morgan fingerprint density at radius 3 is 2.93 bits per heavy atom. The minimum absolute atomic E-state index is 0.651. The molecule has 0 unspecified atom stereocenters. The van der Waals surface area contributed by atoms with Gasteiger partial charge in [-0.1, -0.05) is 0 Å². The Bertz CT molecular complexity index is 242. The number of nitrogens with zero attached hydrogens (tertiary/aromatic N) is 1. The van der Waals surface area contributed by atoms with Crippen LogP contribution in [0.25, 0.3) is 0 Å². The highest BCUT2D eigenvalue weighted by atomic mass is 16.5. The maximum absolute atomic E-state index is 5.45. The second kappa shape index (κ2) is 8.20. The highest BCUT2D eigenvalue weighted by molar-refractivity contribution is 5.15. The first kappa shape index (κ1) is 11.9. The molecule has 0 fully saturated rings. The Labute approximate surface area is 90.6 Å². The van der Waals surface area contributed by atoms with Crippen LogP contribution in [0.5, 0.6) is 5.75 Å². The van der Waals surface area contributed by atoms with Crippen molar-refractivity contribution in [1.82, 2.24) is 10.3 Å². The normalized spacial score (nSPS) is 10.2. The lowest BCUT2D eigenvalue weighted by molar-refractivity contribution is 0.148. The molecular formula is C11H18N2O2. The molecule has 0 atom stereocenters. The number of hydrogen-bond donors (Lipinski definition) is 1. The quantitative estimate of drug-likeness (QED) is 0.652. The van der Waals surface area contributed by atoms with E-state index in [1.54, 1.807) is 12.4 Å². The molecule has 0 radical (unpaired) electrons. The van der Waals surface area contributed by atoms with Gasteiger partial charge in [0.15, 0.2) is 0 Å². The van der Waals surface area contributed by atoms with E-state index in [9.17, 15) is 0 Å². The maximum Gasteiger partial charge on any atom is 0.137 e. The van der Waals surface area contributed by atoms with Gasteiger partial charge in [-0.25, -0.2) is 0 Å². The summed E-state index contributed by atoms with van der Waals surface area (Å²) in [7, 11) is 0. The number of pyridine rings is 1. The van der Waals surface area contributed by atoms with Crippen LogP contribution in [-0.2, 0) is 4.74 Å². The molecule has 1 rings (SSSR count). The predicted molar refractivity (Wildman–Crippen MR) is 59.1 cm³/mol. The fourth-order valence-electron chi connectivity index (χ4n) is 1.09. The zero-order chi connectivity index (χ0) is 10.8. The number of hydrogen-bond acceptors (Lipinski definition) is 4. The van der Waals surface area contributed by atoms with Crippen LogP contribution in [0.3, 0.4) is 0 Å². The van der Waals surface area contributed by atoms with E-state index < -0.39 is 0 Å². The Balaban J connectivity index is 1.93. The summed E-state index contributed by atoms with van der Waals surface area (Å²) < 4.78 is 10.6. The molecule has 0 aliphatic heterocycles. The van der Waals surface area contributed by atoms with E-state index >= 15 is 0 Å². The summed E-state index contributed by atoms with van der Waals surface area (Å²) in [4.78, 5) is 3.96. The molecule has 0 aliphatic rings. The molecular weight excluding hydrogens is 192 g/mol. The third-order valence-electron chi connectivity index (χ3n) is 1.81. The first-order chi connectivity index (χ1) is 7.43. The van der Waals surface area contributed by atoms with Gasteiger partial charge in [0.1, 0.15) is 12.4 Å². The summed E-state index contributed by atoms with van der Waals surface area (Å²) in [5.74, 6) is 0.809. The van der Waals surface area contributed by atoms with Crippen molar-refractivity contribution in [3.8, 4) is 5.75 Å². The van der Waals surface area contributed by atoms with Gasteiger partial charge in [0, 0.05) is 25.9 Å². The average molecular weight is 210 g/mol. The fraction of sp³-hybridized carbons (Fsp3) is 0.545. The van der Waals surface area contributed by atoms with Crippen LogP contribution < -0.4 is 10.1 Å². The molecule has 0 saturated carbocycles. The van der Waals surface area contributed by atoms with Gasteiger partial charge < -0.3 is 14.8 Å². The third-order valence-corrected chi connectivity index (χ3v) is 1.81. The highest BCUT2D eigenvalue weighted by Crippen LogP contribution is 2.04. The summed E-state index contributed by atoms with van der Waals surface area (Å²) >= 11 is 0. The summed E-state index contributed by atoms with van der Waals surface area (Å²) in [5, 5.41) is 3.22. The van der Waals surface area contributed by atoms with E-state index in [4.69, 9.17) is 9.47 Å². The van der Waals surface area contributed by atoms with Crippen molar-refractivity contribution >= 4 is 0 Å². The van der Waals surface area contributed by atoms with Gasteiger partial charge in [0.2, 0.25) is 0 Å². The van der Waals surface area contributed by atoms with E-state index in [-0.39, 0.29) is 0 Å². The van der Waals surface area contributed by atoms with Crippen molar-refractivity contribution in [2.45, 2.75) is 6.92 Å². The number of ether oxygens (including phenoxy) is 2. The van der Waals surface area contributed by atoms with Gasteiger partial charge in [-0.2, -0.15) is 0 Å². The lowest BCUT2D eigenvalue weighted by Crippen LogP contribution is -2.25. The monoisotopic (exact) mass is 210 g/mol. The molecule has 0 spiro atoms. The van der Waals surface area contributed by atoms with Crippen molar-refractivity contribution in [2.24, 2.45) is 0 Å². The molecule has 0 aliphatic carbocycles. The lowest BCUT2D eigenvalue weighted by Gasteiger charge is -2.06. The molecule has 1 N–H and O–H groups in total. The molecule has 1 aromatic heterocycles. The maximum atomic E-state index is 5.45. The molecule has 1 aromatic rings. The summed E-state index contributed by atoms with van der Waals surface area (Å²) in [6.07, 6.45) is 3.44. The van der Waals surface area contributed by atoms with Gasteiger partial charge in [0.05, 0.1) is 12.8 Å². The molecule has 0 saturated heterocycles. The second-order valence-corrected chi connectivity index (χ2v) is 2.98. The van der Waals surface area contributed by atoms with Crippen LogP contribution >= 0.6 is 0 Å². The van der Waals surface area contributed by atoms with Gasteiger partial charge in [0.25, 0.3) is 0 Å². The first-order valence-electron chi connectivity index (χ1n) is 5.24. The topological polar surface area (TPSA) is 43.4 Å². The Morgan fingerprint density at radius 2 is 2.20 bits per heavy atom. The van der Waals surface area contributed by atoms with Crippen LogP contribution in [0.4, 0.5) is 0 Å². The van der Waals surface area contributed by atoms with Crippen LogP contribution in [0.1, 0.15) is 6.92 Å².